The van der Waals surface area contributed by atoms with E-state index in [0.717, 1.165) is 34.7 Å². The first kappa shape index (κ1) is 27.8. The summed E-state index contributed by atoms with van der Waals surface area (Å²) < 4.78 is 34.6. The molecule has 204 valence electrons. The molecular weight excluding hydrogens is 498 g/mol. The largest absolute Gasteiger partial charge is 0.495 e. The number of alkyl halides is 2. The van der Waals surface area contributed by atoms with E-state index >= 15 is 0 Å². The summed E-state index contributed by atoms with van der Waals surface area (Å²) in [6.45, 7) is 5.37. The number of nitrogens with two attached hydrogens (primary N) is 1. The highest BCUT2D eigenvalue weighted by molar-refractivity contribution is 5.81. The fourth-order valence-electron chi connectivity index (χ4n) is 4.60. The van der Waals surface area contributed by atoms with Gasteiger partial charge in [0, 0.05) is 44.4 Å². The van der Waals surface area contributed by atoms with Crippen molar-refractivity contribution in [2.75, 3.05) is 25.2 Å². The minimum atomic E-state index is -2.86. The maximum absolute atomic E-state index is 13.5. The Morgan fingerprint density at radius 2 is 2.00 bits per heavy atom. The number of hydrogen-bond acceptors (Lipinski definition) is 6. The molecule has 3 aromatic rings. The van der Waals surface area contributed by atoms with E-state index in [0.29, 0.717) is 23.7 Å². The number of nitrogens with zero attached hydrogens (tertiary/aromatic N) is 4. The van der Waals surface area contributed by atoms with Gasteiger partial charge in [-0.25, -0.2) is 18.8 Å². The second kappa shape index (κ2) is 11.6. The third kappa shape index (κ3) is 6.08. The van der Waals surface area contributed by atoms with Crippen LogP contribution in [0.5, 0.6) is 5.75 Å². The molecule has 2 unspecified atom stereocenters. The van der Waals surface area contributed by atoms with Crippen LogP contribution in [0.4, 0.5) is 20.4 Å². The monoisotopic (exact) mass is 532 g/mol. The number of fused-ring (bicyclic) bond motifs is 1. The van der Waals surface area contributed by atoms with Crippen LogP contribution in [-0.4, -0.2) is 29.9 Å². The Hall–Kier alpha value is -4.27. The first-order valence-corrected chi connectivity index (χ1v) is 12.7. The first-order chi connectivity index (χ1) is 18.7. The third-order valence-electron chi connectivity index (χ3n) is 6.80. The zero-order chi connectivity index (χ0) is 28.2. The molecule has 1 aliphatic rings. The van der Waals surface area contributed by atoms with Gasteiger partial charge in [-0.3, -0.25) is 9.56 Å². The topological polar surface area (TPSA) is 89.8 Å². The van der Waals surface area contributed by atoms with Crippen molar-refractivity contribution in [3.8, 4) is 5.75 Å². The van der Waals surface area contributed by atoms with E-state index < -0.39 is 5.92 Å². The van der Waals surface area contributed by atoms with Crippen molar-refractivity contribution in [2.45, 2.75) is 39.3 Å². The second-order valence-corrected chi connectivity index (χ2v) is 9.46. The number of imidazole rings is 1. The van der Waals surface area contributed by atoms with Gasteiger partial charge in [0.05, 0.1) is 18.8 Å². The fourth-order valence-corrected chi connectivity index (χ4v) is 4.60. The number of anilines is 2. The second-order valence-electron chi connectivity index (χ2n) is 9.46. The number of halogens is 2. The number of nitrogen functional groups attached to an aromatic ring is 1. The smallest absolute Gasteiger partial charge is 0.270 e. The predicted molar refractivity (Wildman–Crippen MR) is 153 cm³/mol. The quantitative estimate of drug-likeness (QED) is 0.380. The summed E-state index contributed by atoms with van der Waals surface area (Å²) >= 11 is 0. The van der Waals surface area contributed by atoms with Crippen LogP contribution in [0.2, 0.25) is 0 Å². The average molecular weight is 533 g/mol. The number of nitrogens with one attached hydrogen (secondary N) is 1. The molecule has 2 aromatic carbocycles. The predicted octanol–water partition coefficient (Wildman–Crippen LogP) is 5.00. The van der Waals surface area contributed by atoms with Crippen LogP contribution in [0.25, 0.3) is 6.08 Å². The van der Waals surface area contributed by atoms with Crippen LogP contribution in [0.3, 0.4) is 0 Å². The standard InChI is InChI=1S/C30H34F2N6O/c1-6-21(18-34-4)23-13-14-35-28-26(15-23)37-29(33)38(28)19(2)22-9-12-25(27(16-22)39-5)36-17-20-7-10-24(11-8-20)30(3,31)32/h6-16,18-19,23,36H,17H2,1-5H3,(H2,33,37)/b21-6+,34-18?. The number of aliphatic imine (C=N–C) groups is 1. The molecule has 0 saturated heterocycles. The van der Waals surface area contributed by atoms with Gasteiger partial charge in [0.15, 0.2) is 5.49 Å². The maximum atomic E-state index is 13.5. The normalized spacial score (nSPS) is 16.3. The summed E-state index contributed by atoms with van der Waals surface area (Å²) in [4.78, 5) is 13.4. The molecule has 7 nitrogen and oxygen atoms in total. The Kier molecular flexibility index (Phi) is 8.28. The molecule has 0 saturated carbocycles. The number of benzene rings is 2. The number of aromatic nitrogens is 2. The van der Waals surface area contributed by atoms with Crippen LogP contribution in [-0.2, 0) is 12.5 Å². The Labute approximate surface area is 227 Å². The molecule has 2 atom stereocenters. The molecule has 0 bridgehead atoms. The molecule has 39 heavy (non-hydrogen) atoms. The van der Waals surface area contributed by atoms with Gasteiger partial charge in [0.25, 0.3) is 5.92 Å². The van der Waals surface area contributed by atoms with Crippen LogP contribution in [0.15, 0.2) is 76.4 Å². The Morgan fingerprint density at radius 1 is 1.26 bits per heavy atom. The molecule has 2 heterocycles. The highest BCUT2D eigenvalue weighted by Gasteiger charge is 2.23. The molecule has 1 aromatic heterocycles. The zero-order valence-electron chi connectivity index (χ0n) is 22.8. The summed E-state index contributed by atoms with van der Waals surface area (Å²) in [5.41, 5.74) is 10.7. The Balaban J connectivity index is 1.59. The van der Waals surface area contributed by atoms with E-state index in [1.165, 1.54) is 12.1 Å². The van der Waals surface area contributed by atoms with Gasteiger partial charge in [0.1, 0.15) is 11.1 Å². The van der Waals surface area contributed by atoms with Crippen molar-refractivity contribution < 1.29 is 13.5 Å². The van der Waals surface area contributed by atoms with Crippen molar-refractivity contribution in [1.82, 2.24) is 9.55 Å². The SMILES string of the molecule is C/C=C(\C=NC)C1C=CN=c2c(nc(N)n2C(C)c2ccc(NCc3ccc(C(C)(F)F)cc3)c(OC)c2)=C1. The molecule has 0 radical (unpaired) electrons. The van der Waals surface area contributed by atoms with Gasteiger partial charge >= 0.3 is 0 Å². The van der Waals surface area contributed by atoms with E-state index in [-0.39, 0.29) is 17.5 Å². The number of allylic oxidation sites excluding steroid dienone is 3. The first-order valence-electron chi connectivity index (χ1n) is 12.7. The van der Waals surface area contributed by atoms with Crippen molar-refractivity contribution in [2.24, 2.45) is 15.9 Å². The number of methoxy groups -OCH3 is 1. The minimum absolute atomic E-state index is 0.00809. The lowest BCUT2D eigenvalue weighted by Gasteiger charge is -2.18. The molecule has 1 aliphatic heterocycles. The maximum Gasteiger partial charge on any atom is 0.270 e. The Morgan fingerprint density at radius 3 is 2.64 bits per heavy atom. The van der Waals surface area contributed by atoms with Gasteiger partial charge in [0.2, 0.25) is 5.95 Å². The average Bonchev–Trinajstić information content (AvgIpc) is 3.09. The van der Waals surface area contributed by atoms with E-state index in [9.17, 15) is 8.78 Å². The highest BCUT2D eigenvalue weighted by atomic mass is 19.3. The third-order valence-corrected chi connectivity index (χ3v) is 6.80. The van der Waals surface area contributed by atoms with Crippen molar-refractivity contribution in [3.63, 3.8) is 0 Å². The van der Waals surface area contributed by atoms with Crippen molar-refractivity contribution >= 4 is 23.9 Å². The Bertz CT molecular complexity index is 1530. The number of ether oxygens (including phenoxy) is 1. The van der Waals surface area contributed by atoms with E-state index in [2.05, 4.69) is 20.3 Å². The number of hydrogen-bond donors (Lipinski definition) is 2. The van der Waals surface area contributed by atoms with Gasteiger partial charge in [-0.05, 0) is 48.8 Å². The molecule has 0 fully saturated rings. The fraction of sp³-hybridized carbons (Fsp3) is 0.300. The van der Waals surface area contributed by atoms with Crippen LogP contribution in [0, 0.1) is 5.92 Å². The molecule has 4 rings (SSSR count). The summed E-state index contributed by atoms with van der Waals surface area (Å²) in [7, 11) is 3.36. The minimum Gasteiger partial charge on any atom is -0.495 e. The lowest BCUT2D eigenvalue weighted by molar-refractivity contribution is 0.0174. The molecular formula is C30H34F2N6O. The van der Waals surface area contributed by atoms with Crippen LogP contribution in [0.1, 0.15) is 43.5 Å². The van der Waals surface area contributed by atoms with Gasteiger partial charge in [-0.1, -0.05) is 42.5 Å². The van der Waals surface area contributed by atoms with Crippen molar-refractivity contribution in [1.29, 1.82) is 0 Å². The summed E-state index contributed by atoms with van der Waals surface area (Å²) in [5.74, 6) is -1.85. The highest BCUT2D eigenvalue weighted by Crippen LogP contribution is 2.31. The summed E-state index contributed by atoms with van der Waals surface area (Å²) in [5, 5.41) is 4.05. The van der Waals surface area contributed by atoms with Gasteiger partial charge in [-0.15, -0.1) is 0 Å². The van der Waals surface area contributed by atoms with Gasteiger partial charge < -0.3 is 15.8 Å². The van der Waals surface area contributed by atoms with Crippen LogP contribution >= 0.6 is 0 Å². The van der Waals surface area contributed by atoms with Gasteiger partial charge in [-0.2, -0.15) is 0 Å². The molecule has 3 N–H and O–H groups in total. The lowest BCUT2D eigenvalue weighted by Crippen LogP contribution is -2.32. The van der Waals surface area contributed by atoms with Crippen LogP contribution < -0.4 is 26.6 Å². The molecule has 0 spiro atoms. The molecule has 9 heteroatoms. The summed E-state index contributed by atoms with van der Waals surface area (Å²) in [6.07, 6.45) is 9.69. The number of rotatable bonds is 9. The molecule has 0 aliphatic carbocycles. The van der Waals surface area contributed by atoms with Crippen molar-refractivity contribution in [3.05, 3.63) is 93.9 Å². The summed E-state index contributed by atoms with van der Waals surface area (Å²) in [6, 6.07) is 12.0. The van der Waals surface area contributed by atoms with E-state index in [4.69, 9.17) is 10.5 Å². The lowest BCUT2D eigenvalue weighted by atomic mass is 9.99. The molecule has 0 amide bonds. The van der Waals surface area contributed by atoms with E-state index in [1.54, 1.807) is 32.5 Å². The van der Waals surface area contributed by atoms with E-state index in [1.807, 2.05) is 61.1 Å². The zero-order valence-corrected chi connectivity index (χ0v) is 22.8.